The van der Waals surface area contributed by atoms with Crippen molar-refractivity contribution < 1.29 is 0 Å². The highest BCUT2D eigenvalue weighted by atomic mass is 127. The molecule has 2 fully saturated rings. The van der Waals surface area contributed by atoms with Crippen molar-refractivity contribution in [1.82, 2.24) is 25.3 Å². The summed E-state index contributed by atoms with van der Waals surface area (Å²) >= 11 is 0. The third-order valence-corrected chi connectivity index (χ3v) is 6.59. The van der Waals surface area contributed by atoms with E-state index in [0.29, 0.717) is 18.0 Å². The smallest absolute Gasteiger partial charge is 0.191 e. The van der Waals surface area contributed by atoms with Gasteiger partial charge in [-0.2, -0.15) is 0 Å². The molecule has 0 spiro atoms. The number of halogens is 1. The predicted molar refractivity (Wildman–Crippen MR) is 142 cm³/mol. The van der Waals surface area contributed by atoms with Gasteiger partial charge in [-0.25, -0.2) is 0 Å². The van der Waals surface area contributed by atoms with Crippen molar-refractivity contribution in [2.45, 2.75) is 45.3 Å². The molecule has 0 bridgehead atoms. The number of rotatable bonds is 7. The Morgan fingerprint density at radius 1 is 1.13 bits per heavy atom. The van der Waals surface area contributed by atoms with Crippen LogP contribution < -0.4 is 10.6 Å². The van der Waals surface area contributed by atoms with Crippen LogP contribution in [0.1, 0.15) is 32.3 Å². The second kappa shape index (κ2) is 13.6. The van der Waals surface area contributed by atoms with Gasteiger partial charge in [-0.15, -0.1) is 24.0 Å². The van der Waals surface area contributed by atoms with Crippen molar-refractivity contribution in [2.75, 3.05) is 59.9 Å². The lowest BCUT2D eigenvalue weighted by Gasteiger charge is -2.38. The number of piperidine rings is 1. The molecule has 2 N–H and O–H groups in total. The van der Waals surface area contributed by atoms with Gasteiger partial charge in [0.25, 0.3) is 0 Å². The lowest BCUT2D eigenvalue weighted by molar-refractivity contribution is 0.134. The van der Waals surface area contributed by atoms with Gasteiger partial charge < -0.3 is 20.4 Å². The van der Waals surface area contributed by atoms with Gasteiger partial charge in [-0.1, -0.05) is 37.3 Å². The fourth-order valence-corrected chi connectivity index (χ4v) is 4.60. The highest BCUT2D eigenvalue weighted by Gasteiger charge is 2.26. The number of hydrogen-bond donors (Lipinski definition) is 2. The normalized spacial score (nSPS) is 25.0. The Hall–Kier alpha value is -0.900. The molecule has 1 aromatic rings. The molecular formula is C24H43IN6. The van der Waals surface area contributed by atoms with E-state index in [0.717, 1.165) is 45.0 Å². The van der Waals surface area contributed by atoms with E-state index in [-0.39, 0.29) is 24.0 Å². The largest absolute Gasteiger partial charge is 0.356 e. The first-order chi connectivity index (χ1) is 14.5. The number of likely N-dealkylation sites (tertiary alicyclic amines) is 1. The van der Waals surface area contributed by atoms with Crippen LogP contribution in [0.4, 0.5) is 0 Å². The molecule has 7 heteroatoms. The Labute approximate surface area is 206 Å². The summed E-state index contributed by atoms with van der Waals surface area (Å²) in [5.74, 6) is 1.56. The van der Waals surface area contributed by atoms with E-state index in [9.17, 15) is 0 Å². The zero-order valence-corrected chi connectivity index (χ0v) is 22.2. The summed E-state index contributed by atoms with van der Waals surface area (Å²) in [5, 5.41) is 7.25. The van der Waals surface area contributed by atoms with Crippen LogP contribution in [-0.4, -0.2) is 92.7 Å². The van der Waals surface area contributed by atoms with Gasteiger partial charge >= 0.3 is 0 Å². The summed E-state index contributed by atoms with van der Waals surface area (Å²) in [6.45, 7) is 13.7. The number of benzene rings is 1. The van der Waals surface area contributed by atoms with Crippen molar-refractivity contribution in [3.63, 3.8) is 0 Å². The Kier molecular flexibility index (Phi) is 11.6. The molecule has 0 amide bonds. The van der Waals surface area contributed by atoms with Crippen LogP contribution in [0.25, 0.3) is 0 Å². The molecule has 176 valence electrons. The minimum absolute atomic E-state index is 0. The minimum Gasteiger partial charge on any atom is -0.356 e. The number of piperazine rings is 1. The van der Waals surface area contributed by atoms with Crippen molar-refractivity contribution in [2.24, 2.45) is 10.9 Å². The highest BCUT2D eigenvalue weighted by molar-refractivity contribution is 14.0. The quantitative estimate of drug-likeness (QED) is 0.315. The first kappa shape index (κ1) is 26.4. The lowest BCUT2D eigenvalue weighted by Crippen LogP contribution is -2.52. The number of nitrogens with zero attached hydrogens (tertiary/aromatic N) is 4. The van der Waals surface area contributed by atoms with E-state index in [1.165, 1.54) is 31.7 Å². The first-order valence-electron chi connectivity index (χ1n) is 11.7. The van der Waals surface area contributed by atoms with E-state index in [1.54, 1.807) is 0 Å². The van der Waals surface area contributed by atoms with E-state index < -0.39 is 0 Å². The van der Waals surface area contributed by atoms with E-state index in [4.69, 9.17) is 0 Å². The fraction of sp³-hybridized carbons (Fsp3) is 0.708. The number of likely N-dealkylation sites (N-methyl/N-ethyl adjacent to an activating group) is 1. The van der Waals surface area contributed by atoms with Crippen LogP contribution in [0.3, 0.4) is 0 Å². The SMILES string of the molecule is CN=C(NCC(C)CN1CCN(C)CC1)NC1CCN(Cc2ccccc2)C(C)C1.I. The molecule has 2 heterocycles. The van der Waals surface area contributed by atoms with Crippen LogP contribution >= 0.6 is 24.0 Å². The number of nitrogens with one attached hydrogen (secondary N) is 2. The average Bonchev–Trinajstić information content (AvgIpc) is 2.75. The third kappa shape index (κ3) is 8.86. The molecular weight excluding hydrogens is 499 g/mol. The Morgan fingerprint density at radius 2 is 1.84 bits per heavy atom. The molecule has 0 radical (unpaired) electrons. The van der Waals surface area contributed by atoms with Gasteiger partial charge in [0.05, 0.1) is 0 Å². The maximum Gasteiger partial charge on any atom is 0.191 e. The molecule has 0 aliphatic carbocycles. The van der Waals surface area contributed by atoms with Crippen LogP contribution in [-0.2, 0) is 6.54 Å². The van der Waals surface area contributed by atoms with Gasteiger partial charge in [0.15, 0.2) is 5.96 Å². The summed E-state index contributed by atoms with van der Waals surface area (Å²) < 4.78 is 0. The molecule has 3 rings (SSSR count). The van der Waals surface area contributed by atoms with Crippen LogP contribution in [0.15, 0.2) is 35.3 Å². The highest BCUT2D eigenvalue weighted by Crippen LogP contribution is 2.20. The van der Waals surface area contributed by atoms with Gasteiger partial charge in [0, 0.05) is 71.5 Å². The van der Waals surface area contributed by atoms with E-state index in [1.807, 2.05) is 7.05 Å². The number of aliphatic imine (C=N–C) groups is 1. The summed E-state index contributed by atoms with van der Waals surface area (Å²) in [7, 11) is 4.10. The van der Waals surface area contributed by atoms with Crippen molar-refractivity contribution in [1.29, 1.82) is 0 Å². The molecule has 3 unspecified atom stereocenters. The molecule has 2 aliphatic heterocycles. The lowest BCUT2D eigenvalue weighted by atomic mass is 9.97. The molecule has 3 atom stereocenters. The summed E-state index contributed by atoms with van der Waals surface area (Å²) in [4.78, 5) is 12.1. The molecule has 6 nitrogen and oxygen atoms in total. The average molecular weight is 543 g/mol. The van der Waals surface area contributed by atoms with Crippen LogP contribution in [0.5, 0.6) is 0 Å². The predicted octanol–water partition coefficient (Wildman–Crippen LogP) is 2.71. The summed E-state index contributed by atoms with van der Waals surface area (Å²) in [5.41, 5.74) is 1.41. The summed E-state index contributed by atoms with van der Waals surface area (Å²) in [6.07, 6.45) is 2.32. The third-order valence-electron chi connectivity index (χ3n) is 6.59. The van der Waals surface area contributed by atoms with Crippen molar-refractivity contribution in [3.8, 4) is 0 Å². The zero-order valence-electron chi connectivity index (χ0n) is 19.9. The number of guanidine groups is 1. The molecule has 2 saturated heterocycles. The second-order valence-corrected chi connectivity index (χ2v) is 9.33. The second-order valence-electron chi connectivity index (χ2n) is 9.33. The minimum atomic E-state index is 0. The van der Waals surface area contributed by atoms with Crippen LogP contribution in [0.2, 0.25) is 0 Å². The van der Waals surface area contributed by atoms with Crippen molar-refractivity contribution in [3.05, 3.63) is 35.9 Å². The molecule has 2 aliphatic rings. The Morgan fingerprint density at radius 3 is 2.48 bits per heavy atom. The monoisotopic (exact) mass is 542 g/mol. The standard InChI is InChI=1S/C24H42N6.HI/c1-20(18-29-14-12-28(4)13-15-29)17-26-24(25-3)27-23-10-11-30(21(2)16-23)19-22-8-6-5-7-9-22;/h5-9,20-21,23H,10-19H2,1-4H3,(H2,25,26,27);1H. The Balaban J connectivity index is 0.00000341. The maximum absolute atomic E-state index is 4.48. The first-order valence-corrected chi connectivity index (χ1v) is 11.7. The van der Waals surface area contributed by atoms with E-state index in [2.05, 4.69) is 81.6 Å². The van der Waals surface area contributed by atoms with Gasteiger partial charge in [0.1, 0.15) is 0 Å². The summed E-state index contributed by atoms with van der Waals surface area (Å²) in [6, 6.07) is 11.9. The van der Waals surface area contributed by atoms with Gasteiger partial charge in [0.2, 0.25) is 0 Å². The van der Waals surface area contributed by atoms with E-state index >= 15 is 0 Å². The van der Waals surface area contributed by atoms with Crippen molar-refractivity contribution >= 4 is 29.9 Å². The fourth-order valence-electron chi connectivity index (χ4n) is 4.60. The Bertz CT molecular complexity index is 647. The molecule has 1 aromatic carbocycles. The maximum atomic E-state index is 4.48. The molecule has 0 saturated carbocycles. The molecule has 31 heavy (non-hydrogen) atoms. The topological polar surface area (TPSA) is 46.1 Å². The van der Waals surface area contributed by atoms with Gasteiger partial charge in [-0.3, -0.25) is 9.89 Å². The van der Waals surface area contributed by atoms with Crippen LogP contribution in [0, 0.1) is 5.92 Å². The van der Waals surface area contributed by atoms with Gasteiger partial charge in [-0.05, 0) is 38.3 Å². The zero-order chi connectivity index (χ0) is 21.3. The number of hydrogen-bond acceptors (Lipinski definition) is 4. The molecule has 0 aromatic heterocycles.